The summed E-state index contributed by atoms with van der Waals surface area (Å²) >= 11 is 0. The fourth-order valence-corrected chi connectivity index (χ4v) is 3.41. The minimum absolute atomic E-state index is 0.0674. The highest BCUT2D eigenvalue weighted by atomic mass is 19.1. The first kappa shape index (κ1) is 18.0. The van der Waals surface area contributed by atoms with Gasteiger partial charge in [-0.05, 0) is 42.7 Å². The van der Waals surface area contributed by atoms with Gasteiger partial charge in [0.15, 0.2) is 11.5 Å². The predicted molar refractivity (Wildman–Crippen MR) is 95.5 cm³/mol. The Bertz CT molecular complexity index is 766. The third kappa shape index (κ3) is 3.31. The predicted octanol–water partition coefficient (Wildman–Crippen LogP) is 3.83. The maximum atomic E-state index is 13.2. The average Bonchev–Trinajstić information content (AvgIpc) is 3.16. The molecule has 1 aliphatic heterocycles. The summed E-state index contributed by atoms with van der Waals surface area (Å²) in [5.74, 6) is 0.925. The molecule has 0 radical (unpaired) electrons. The topological polar surface area (TPSA) is 48.0 Å². The summed E-state index contributed by atoms with van der Waals surface area (Å²) in [6, 6.07) is 9.57. The summed E-state index contributed by atoms with van der Waals surface area (Å²) in [5, 5.41) is 0. The quantitative estimate of drug-likeness (QED) is 0.814. The summed E-state index contributed by atoms with van der Waals surface area (Å²) in [6.45, 7) is 0.650. The molecule has 1 fully saturated rings. The summed E-state index contributed by atoms with van der Waals surface area (Å²) < 4.78 is 29.2. The number of hydrogen-bond donors (Lipinski definition) is 0. The number of nitrogens with zero attached hydrogens (tertiary/aromatic N) is 1. The van der Waals surface area contributed by atoms with E-state index in [1.165, 1.54) is 33.5 Å². The molecule has 26 heavy (non-hydrogen) atoms. The highest BCUT2D eigenvalue weighted by Gasteiger charge is 2.31. The zero-order valence-corrected chi connectivity index (χ0v) is 15.1. The number of benzene rings is 2. The van der Waals surface area contributed by atoms with Gasteiger partial charge in [-0.15, -0.1) is 0 Å². The molecule has 5 nitrogen and oxygen atoms in total. The zero-order valence-electron chi connectivity index (χ0n) is 15.1. The van der Waals surface area contributed by atoms with Crippen molar-refractivity contribution < 1.29 is 23.4 Å². The number of likely N-dealkylation sites (tertiary alicyclic amines) is 1. The van der Waals surface area contributed by atoms with E-state index in [1.54, 1.807) is 24.3 Å². The first-order valence-corrected chi connectivity index (χ1v) is 8.45. The molecule has 0 saturated carbocycles. The van der Waals surface area contributed by atoms with Gasteiger partial charge in [0.05, 0.1) is 27.4 Å². The molecule has 1 saturated heterocycles. The van der Waals surface area contributed by atoms with Crippen molar-refractivity contribution in [1.29, 1.82) is 0 Å². The molecule has 1 amide bonds. The second-order valence-corrected chi connectivity index (χ2v) is 6.12. The van der Waals surface area contributed by atoms with Gasteiger partial charge < -0.3 is 19.1 Å². The molecule has 1 heterocycles. The third-order valence-corrected chi connectivity index (χ3v) is 4.68. The Hall–Kier alpha value is -2.76. The number of hydrogen-bond acceptors (Lipinski definition) is 4. The lowest BCUT2D eigenvalue weighted by atomic mass is 10.0. The van der Waals surface area contributed by atoms with Crippen LogP contribution < -0.4 is 14.2 Å². The third-order valence-electron chi connectivity index (χ3n) is 4.68. The first-order valence-electron chi connectivity index (χ1n) is 8.45. The summed E-state index contributed by atoms with van der Waals surface area (Å²) in [6.07, 6.45) is 1.75. The monoisotopic (exact) mass is 359 g/mol. The number of halogens is 1. The summed E-state index contributed by atoms with van der Waals surface area (Å²) in [4.78, 5) is 14.9. The molecule has 0 unspecified atom stereocenters. The minimum Gasteiger partial charge on any atom is -0.493 e. The van der Waals surface area contributed by atoms with Crippen LogP contribution in [0.25, 0.3) is 0 Å². The molecule has 3 rings (SSSR count). The van der Waals surface area contributed by atoms with Gasteiger partial charge in [0.2, 0.25) is 5.75 Å². The van der Waals surface area contributed by atoms with E-state index in [9.17, 15) is 9.18 Å². The van der Waals surface area contributed by atoms with Crippen LogP contribution in [0.5, 0.6) is 17.2 Å². The van der Waals surface area contributed by atoms with Gasteiger partial charge in [-0.3, -0.25) is 4.79 Å². The Morgan fingerprint density at radius 1 is 1.04 bits per heavy atom. The molecular weight excluding hydrogens is 337 g/mol. The summed E-state index contributed by atoms with van der Waals surface area (Å²) in [7, 11) is 4.55. The molecule has 1 atom stereocenters. The van der Waals surface area contributed by atoms with Crippen molar-refractivity contribution in [3.8, 4) is 17.2 Å². The maximum absolute atomic E-state index is 13.2. The second-order valence-electron chi connectivity index (χ2n) is 6.12. The highest BCUT2D eigenvalue weighted by molar-refractivity contribution is 5.96. The lowest BCUT2D eigenvalue weighted by Gasteiger charge is -2.26. The van der Waals surface area contributed by atoms with Gasteiger partial charge in [0, 0.05) is 12.1 Å². The largest absolute Gasteiger partial charge is 0.493 e. The van der Waals surface area contributed by atoms with Gasteiger partial charge in [0.25, 0.3) is 5.91 Å². The Balaban J connectivity index is 1.94. The number of carbonyl (C=O) groups excluding carboxylic acids is 1. The van der Waals surface area contributed by atoms with Crippen molar-refractivity contribution in [2.75, 3.05) is 27.9 Å². The smallest absolute Gasteiger partial charge is 0.254 e. The van der Waals surface area contributed by atoms with Gasteiger partial charge >= 0.3 is 0 Å². The van der Waals surface area contributed by atoms with Crippen molar-refractivity contribution >= 4 is 5.91 Å². The minimum atomic E-state index is -0.283. The Labute approximate surface area is 152 Å². The number of methoxy groups -OCH3 is 3. The standard InChI is InChI=1S/C20H22FNO4/c1-24-17-11-14(12-18(25-2)19(17)26-3)20(23)22-10-4-5-16(22)13-6-8-15(21)9-7-13/h6-9,11-12,16H,4-5,10H2,1-3H3/t16-/m1/s1. The van der Waals surface area contributed by atoms with Crippen molar-refractivity contribution in [1.82, 2.24) is 4.90 Å². The molecule has 6 heteroatoms. The number of rotatable bonds is 5. The van der Waals surface area contributed by atoms with E-state index in [-0.39, 0.29) is 17.8 Å². The van der Waals surface area contributed by atoms with E-state index in [1.807, 2.05) is 4.90 Å². The molecule has 2 aromatic rings. The Kier molecular flexibility index (Phi) is 5.30. The van der Waals surface area contributed by atoms with Crippen LogP contribution in [-0.4, -0.2) is 38.7 Å². The fraction of sp³-hybridized carbons (Fsp3) is 0.350. The lowest BCUT2D eigenvalue weighted by Crippen LogP contribution is -2.30. The van der Waals surface area contributed by atoms with Crippen LogP contribution in [0.2, 0.25) is 0 Å². The van der Waals surface area contributed by atoms with Gasteiger partial charge in [-0.1, -0.05) is 12.1 Å². The van der Waals surface area contributed by atoms with Gasteiger partial charge in [-0.2, -0.15) is 0 Å². The van der Waals surface area contributed by atoms with Crippen molar-refractivity contribution in [3.05, 3.63) is 53.3 Å². The first-order chi connectivity index (χ1) is 12.6. The Morgan fingerprint density at radius 3 is 2.19 bits per heavy atom. The SMILES string of the molecule is COc1cc(C(=O)N2CCC[C@@H]2c2ccc(F)cc2)cc(OC)c1OC. The number of amides is 1. The zero-order chi connectivity index (χ0) is 18.7. The molecule has 1 aliphatic rings. The molecular formula is C20H22FNO4. The van der Waals surface area contributed by atoms with E-state index >= 15 is 0 Å². The van der Waals surface area contributed by atoms with E-state index in [0.717, 1.165) is 18.4 Å². The van der Waals surface area contributed by atoms with Crippen LogP contribution in [0.3, 0.4) is 0 Å². The molecule has 0 bridgehead atoms. The number of ether oxygens (including phenoxy) is 3. The van der Waals surface area contributed by atoms with Gasteiger partial charge in [0.1, 0.15) is 5.82 Å². The molecule has 2 aromatic carbocycles. The van der Waals surface area contributed by atoms with Crippen LogP contribution in [0.4, 0.5) is 4.39 Å². The van der Waals surface area contributed by atoms with E-state index in [0.29, 0.717) is 29.4 Å². The average molecular weight is 359 g/mol. The lowest BCUT2D eigenvalue weighted by molar-refractivity contribution is 0.0734. The van der Waals surface area contributed by atoms with Crippen molar-refractivity contribution in [3.63, 3.8) is 0 Å². The van der Waals surface area contributed by atoms with E-state index in [4.69, 9.17) is 14.2 Å². The van der Waals surface area contributed by atoms with Crippen LogP contribution in [0.1, 0.15) is 34.8 Å². The van der Waals surface area contributed by atoms with Crippen molar-refractivity contribution in [2.45, 2.75) is 18.9 Å². The van der Waals surface area contributed by atoms with Crippen LogP contribution in [-0.2, 0) is 0 Å². The van der Waals surface area contributed by atoms with Crippen LogP contribution in [0.15, 0.2) is 36.4 Å². The maximum Gasteiger partial charge on any atom is 0.254 e. The molecule has 0 aromatic heterocycles. The molecule has 0 N–H and O–H groups in total. The van der Waals surface area contributed by atoms with Crippen LogP contribution >= 0.6 is 0 Å². The second kappa shape index (κ2) is 7.64. The summed E-state index contributed by atoms with van der Waals surface area (Å²) in [5.41, 5.74) is 1.40. The van der Waals surface area contributed by atoms with Gasteiger partial charge in [-0.25, -0.2) is 4.39 Å². The molecule has 0 aliphatic carbocycles. The van der Waals surface area contributed by atoms with E-state index in [2.05, 4.69) is 0 Å². The number of carbonyl (C=O) groups is 1. The van der Waals surface area contributed by atoms with Crippen molar-refractivity contribution in [2.24, 2.45) is 0 Å². The molecule has 138 valence electrons. The highest BCUT2D eigenvalue weighted by Crippen LogP contribution is 2.40. The fourth-order valence-electron chi connectivity index (χ4n) is 3.41. The van der Waals surface area contributed by atoms with E-state index < -0.39 is 0 Å². The normalized spacial score (nSPS) is 16.5. The van der Waals surface area contributed by atoms with Crippen LogP contribution in [0, 0.1) is 5.82 Å². The molecule has 0 spiro atoms. The Morgan fingerprint density at radius 2 is 1.65 bits per heavy atom.